The molecule has 3 rings (SSSR count). The fourth-order valence-corrected chi connectivity index (χ4v) is 2.48. The molecule has 0 fully saturated rings. The van der Waals surface area contributed by atoms with Crippen molar-refractivity contribution in [2.45, 2.75) is 19.8 Å². The molecule has 0 amide bonds. The minimum Gasteiger partial charge on any atom is -0.223 e. The molecule has 0 aliphatic heterocycles. The van der Waals surface area contributed by atoms with Gasteiger partial charge in [0.05, 0.1) is 5.69 Å². The molecule has 0 saturated heterocycles. The summed E-state index contributed by atoms with van der Waals surface area (Å²) in [7, 11) is 0. The van der Waals surface area contributed by atoms with Crippen molar-refractivity contribution in [3.05, 3.63) is 46.4 Å². The summed E-state index contributed by atoms with van der Waals surface area (Å²) < 4.78 is 0. The van der Waals surface area contributed by atoms with Crippen LogP contribution in [0.2, 0.25) is 5.28 Å². The van der Waals surface area contributed by atoms with Crippen molar-refractivity contribution in [1.29, 1.82) is 0 Å². The summed E-state index contributed by atoms with van der Waals surface area (Å²) in [4.78, 5) is 8.66. The van der Waals surface area contributed by atoms with Crippen molar-refractivity contribution in [2.24, 2.45) is 0 Å². The van der Waals surface area contributed by atoms with Gasteiger partial charge in [-0.2, -0.15) is 0 Å². The predicted octanol–water partition coefficient (Wildman–Crippen LogP) is 3.26. The third kappa shape index (κ3) is 1.34. The highest BCUT2D eigenvalue weighted by Gasteiger charge is 2.23. The van der Waals surface area contributed by atoms with Crippen molar-refractivity contribution in [3.8, 4) is 11.3 Å². The first kappa shape index (κ1) is 9.79. The molecule has 2 aromatic rings. The van der Waals surface area contributed by atoms with E-state index in [1.165, 1.54) is 16.7 Å². The monoisotopic (exact) mass is 230 g/mol. The maximum absolute atomic E-state index is 5.95. The fraction of sp³-hybridized carbons (Fsp3) is 0.231. The van der Waals surface area contributed by atoms with E-state index in [1.54, 1.807) is 0 Å². The van der Waals surface area contributed by atoms with E-state index in [9.17, 15) is 0 Å². The van der Waals surface area contributed by atoms with Crippen molar-refractivity contribution >= 4 is 11.6 Å². The van der Waals surface area contributed by atoms with Gasteiger partial charge in [0.2, 0.25) is 5.28 Å². The quantitative estimate of drug-likeness (QED) is 0.600. The van der Waals surface area contributed by atoms with Crippen LogP contribution in [0, 0.1) is 0 Å². The lowest BCUT2D eigenvalue weighted by Gasteiger charge is -2.04. The molecular weight excluding hydrogens is 220 g/mol. The third-order valence-corrected chi connectivity index (χ3v) is 3.21. The summed E-state index contributed by atoms with van der Waals surface area (Å²) in [6, 6.07) is 8.34. The van der Waals surface area contributed by atoms with E-state index in [0.29, 0.717) is 5.28 Å². The molecule has 0 spiro atoms. The van der Waals surface area contributed by atoms with Crippen LogP contribution in [0.4, 0.5) is 0 Å². The maximum atomic E-state index is 5.95. The zero-order valence-corrected chi connectivity index (χ0v) is 9.75. The van der Waals surface area contributed by atoms with Gasteiger partial charge in [-0.1, -0.05) is 31.2 Å². The van der Waals surface area contributed by atoms with Gasteiger partial charge in [-0.25, -0.2) is 9.97 Å². The SMILES string of the molecule is CCc1nc(Cl)nc2c1Cc1ccccc1-2. The number of benzene rings is 1. The van der Waals surface area contributed by atoms with E-state index < -0.39 is 0 Å². The molecule has 0 atom stereocenters. The average Bonchev–Trinajstić information content (AvgIpc) is 2.67. The molecule has 0 saturated carbocycles. The molecule has 0 radical (unpaired) electrons. The van der Waals surface area contributed by atoms with E-state index in [2.05, 4.69) is 35.1 Å². The molecule has 1 aliphatic carbocycles. The predicted molar refractivity (Wildman–Crippen MR) is 64.7 cm³/mol. The van der Waals surface area contributed by atoms with Crippen molar-refractivity contribution < 1.29 is 0 Å². The molecule has 0 N–H and O–H groups in total. The molecule has 80 valence electrons. The summed E-state index contributed by atoms with van der Waals surface area (Å²) >= 11 is 5.95. The van der Waals surface area contributed by atoms with Gasteiger partial charge in [-0.3, -0.25) is 0 Å². The molecule has 0 unspecified atom stereocenters. The van der Waals surface area contributed by atoms with E-state index in [0.717, 1.165) is 24.2 Å². The normalized spacial score (nSPS) is 12.4. The van der Waals surface area contributed by atoms with Gasteiger partial charge in [-0.05, 0) is 23.6 Å². The van der Waals surface area contributed by atoms with E-state index >= 15 is 0 Å². The Kier molecular flexibility index (Phi) is 2.18. The highest BCUT2D eigenvalue weighted by Crippen LogP contribution is 2.36. The van der Waals surface area contributed by atoms with E-state index in [1.807, 2.05) is 6.07 Å². The Morgan fingerprint density at radius 2 is 2.06 bits per heavy atom. The second-order valence-corrected chi connectivity index (χ2v) is 4.29. The number of halogens is 1. The highest BCUT2D eigenvalue weighted by molar-refractivity contribution is 6.28. The second kappa shape index (κ2) is 3.56. The Hall–Kier alpha value is -1.41. The van der Waals surface area contributed by atoms with Crippen molar-refractivity contribution in [3.63, 3.8) is 0 Å². The van der Waals surface area contributed by atoms with E-state index in [-0.39, 0.29) is 0 Å². The standard InChI is InChI=1S/C13H11ClN2/c1-2-11-10-7-8-5-3-4-6-9(8)12(10)16-13(14)15-11/h3-6H,2,7H2,1H3. The molecule has 1 aromatic carbocycles. The lowest BCUT2D eigenvalue weighted by Crippen LogP contribution is -1.98. The van der Waals surface area contributed by atoms with Crippen LogP contribution in [0.25, 0.3) is 11.3 Å². The summed E-state index contributed by atoms with van der Waals surface area (Å²) in [6.45, 7) is 2.10. The zero-order valence-electron chi connectivity index (χ0n) is 9.00. The number of rotatable bonds is 1. The van der Waals surface area contributed by atoms with Crippen molar-refractivity contribution in [2.75, 3.05) is 0 Å². The maximum Gasteiger partial charge on any atom is 0.223 e. The summed E-state index contributed by atoms with van der Waals surface area (Å²) in [5.41, 5.74) is 5.87. The molecule has 2 nitrogen and oxygen atoms in total. The van der Waals surface area contributed by atoms with Crippen LogP contribution < -0.4 is 0 Å². The van der Waals surface area contributed by atoms with Gasteiger partial charge in [0.25, 0.3) is 0 Å². The van der Waals surface area contributed by atoms with E-state index in [4.69, 9.17) is 11.6 Å². The first-order chi connectivity index (χ1) is 7.79. The summed E-state index contributed by atoms with van der Waals surface area (Å²) in [5.74, 6) is 0. The van der Waals surface area contributed by atoms with Crippen LogP contribution in [0.5, 0.6) is 0 Å². The van der Waals surface area contributed by atoms with Gasteiger partial charge < -0.3 is 0 Å². The van der Waals surface area contributed by atoms with Crippen LogP contribution in [0.1, 0.15) is 23.7 Å². The van der Waals surface area contributed by atoms with Crippen LogP contribution >= 0.6 is 11.6 Å². The van der Waals surface area contributed by atoms with Crippen LogP contribution in [0.3, 0.4) is 0 Å². The minimum atomic E-state index is 0.354. The molecule has 1 aliphatic rings. The summed E-state index contributed by atoms with van der Waals surface area (Å²) in [6.07, 6.45) is 1.84. The smallest absolute Gasteiger partial charge is 0.223 e. The average molecular weight is 231 g/mol. The van der Waals surface area contributed by atoms with Gasteiger partial charge in [0.15, 0.2) is 0 Å². The lowest BCUT2D eigenvalue weighted by atomic mass is 10.1. The first-order valence-electron chi connectivity index (χ1n) is 5.43. The number of hydrogen-bond acceptors (Lipinski definition) is 2. The molecule has 1 aromatic heterocycles. The molecule has 1 heterocycles. The number of aryl methyl sites for hydroxylation is 1. The van der Waals surface area contributed by atoms with Crippen molar-refractivity contribution in [1.82, 2.24) is 9.97 Å². The summed E-state index contributed by atoms with van der Waals surface area (Å²) in [5, 5.41) is 0.354. The Morgan fingerprint density at radius 3 is 2.88 bits per heavy atom. The number of nitrogens with zero attached hydrogens (tertiary/aromatic N) is 2. The number of hydrogen-bond donors (Lipinski definition) is 0. The zero-order chi connectivity index (χ0) is 11.1. The number of aromatic nitrogens is 2. The Morgan fingerprint density at radius 1 is 1.25 bits per heavy atom. The Balaban J connectivity index is 2.28. The van der Waals surface area contributed by atoms with Gasteiger partial charge in [0, 0.05) is 23.2 Å². The minimum absolute atomic E-state index is 0.354. The Bertz CT molecular complexity index is 564. The molecule has 3 heteroatoms. The number of fused-ring (bicyclic) bond motifs is 3. The van der Waals surface area contributed by atoms with Gasteiger partial charge in [-0.15, -0.1) is 0 Å². The highest BCUT2D eigenvalue weighted by atomic mass is 35.5. The van der Waals surface area contributed by atoms with Crippen LogP contribution in [-0.2, 0) is 12.8 Å². The van der Waals surface area contributed by atoms with Crippen LogP contribution in [-0.4, -0.2) is 9.97 Å². The molecule has 0 bridgehead atoms. The largest absolute Gasteiger partial charge is 0.223 e. The van der Waals surface area contributed by atoms with Gasteiger partial charge in [0.1, 0.15) is 0 Å². The molecule has 16 heavy (non-hydrogen) atoms. The fourth-order valence-electron chi connectivity index (χ4n) is 2.30. The first-order valence-corrected chi connectivity index (χ1v) is 5.81. The third-order valence-electron chi connectivity index (χ3n) is 3.04. The van der Waals surface area contributed by atoms with Crippen LogP contribution in [0.15, 0.2) is 24.3 Å². The topological polar surface area (TPSA) is 25.8 Å². The lowest BCUT2D eigenvalue weighted by molar-refractivity contribution is 0.964. The van der Waals surface area contributed by atoms with Gasteiger partial charge >= 0.3 is 0 Å². The molecular formula is C13H11ClN2. The Labute approximate surface area is 99.3 Å². The second-order valence-electron chi connectivity index (χ2n) is 3.95.